The maximum absolute atomic E-state index is 12.3. The fourth-order valence-corrected chi connectivity index (χ4v) is 1.91. The average Bonchev–Trinajstić information content (AvgIpc) is 2.35. The molecular formula is C15H19NO4. The van der Waals surface area contributed by atoms with Crippen LogP contribution >= 0.6 is 0 Å². The van der Waals surface area contributed by atoms with E-state index in [2.05, 4.69) is 0 Å². The van der Waals surface area contributed by atoms with Crippen molar-refractivity contribution in [3.63, 3.8) is 0 Å². The van der Waals surface area contributed by atoms with Gasteiger partial charge in [0.2, 0.25) is 0 Å². The molecule has 0 fully saturated rings. The summed E-state index contributed by atoms with van der Waals surface area (Å²) in [5.41, 5.74) is 1.90. The van der Waals surface area contributed by atoms with Crippen LogP contribution in [0.2, 0.25) is 0 Å². The molecule has 1 aromatic carbocycles. The van der Waals surface area contributed by atoms with Crippen LogP contribution in [0.5, 0.6) is 0 Å². The van der Waals surface area contributed by atoms with Crippen LogP contribution in [0.4, 0.5) is 0 Å². The summed E-state index contributed by atoms with van der Waals surface area (Å²) in [6.45, 7) is 3.63. The molecule has 0 aromatic heterocycles. The van der Waals surface area contributed by atoms with Crippen LogP contribution in [-0.2, 0) is 4.79 Å². The predicted octanol–water partition coefficient (Wildman–Crippen LogP) is 1.55. The van der Waals surface area contributed by atoms with Crippen molar-refractivity contribution in [3.8, 4) is 0 Å². The van der Waals surface area contributed by atoms with E-state index in [1.807, 2.05) is 0 Å². The van der Waals surface area contributed by atoms with E-state index in [0.717, 1.165) is 6.08 Å². The molecule has 5 heteroatoms. The molecule has 0 radical (unpaired) electrons. The van der Waals surface area contributed by atoms with E-state index in [-0.39, 0.29) is 12.5 Å². The number of hydrogen-bond donors (Lipinski definition) is 2. The van der Waals surface area contributed by atoms with Gasteiger partial charge in [0.1, 0.15) is 0 Å². The molecule has 0 bridgehead atoms. The van der Waals surface area contributed by atoms with Gasteiger partial charge in [0, 0.05) is 25.2 Å². The van der Waals surface area contributed by atoms with Crippen molar-refractivity contribution < 1.29 is 19.8 Å². The minimum absolute atomic E-state index is 0.200. The zero-order chi connectivity index (χ0) is 15.3. The number of carboxylic acid groups (broad SMARTS) is 1. The van der Waals surface area contributed by atoms with Crippen molar-refractivity contribution in [1.82, 2.24) is 4.90 Å². The molecule has 108 valence electrons. The van der Waals surface area contributed by atoms with E-state index in [4.69, 9.17) is 5.11 Å². The number of carboxylic acids is 1. The Morgan fingerprint density at radius 3 is 2.60 bits per heavy atom. The molecule has 0 aliphatic carbocycles. The van der Waals surface area contributed by atoms with E-state index in [1.54, 1.807) is 39.1 Å². The molecule has 0 spiro atoms. The highest BCUT2D eigenvalue weighted by atomic mass is 16.4. The van der Waals surface area contributed by atoms with Crippen LogP contribution in [0.15, 0.2) is 24.3 Å². The van der Waals surface area contributed by atoms with Crippen molar-refractivity contribution in [2.75, 3.05) is 13.6 Å². The van der Waals surface area contributed by atoms with Crippen LogP contribution in [0.25, 0.3) is 6.08 Å². The number of nitrogens with zero attached hydrogens (tertiary/aromatic N) is 1. The van der Waals surface area contributed by atoms with Crippen molar-refractivity contribution in [3.05, 3.63) is 41.0 Å². The van der Waals surface area contributed by atoms with E-state index in [0.29, 0.717) is 16.7 Å². The molecule has 2 N–H and O–H groups in total. The van der Waals surface area contributed by atoms with E-state index < -0.39 is 12.1 Å². The van der Waals surface area contributed by atoms with Gasteiger partial charge in [-0.3, -0.25) is 4.79 Å². The Bertz CT molecular complexity index is 535. The number of aliphatic carboxylic acids is 1. The largest absolute Gasteiger partial charge is 0.478 e. The molecule has 0 aliphatic heterocycles. The highest BCUT2D eigenvalue weighted by Crippen LogP contribution is 2.17. The fourth-order valence-electron chi connectivity index (χ4n) is 1.91. The third-order valence-electron chi connectivity index (χ3n) is 2.90. The van der Waals surface area contributed by atoms with Gasteiger partial charge in [-0.05, 0) is 37.1 Å². The van der Waals surface area contributed by atoms with Gasteiger partial charge in [0.05, 0.1) is 6.10 Å². The lowest BCUT2D eigenvalue weighted by atomic mass is 10.0. The lowest BCUT2D eigenvalue weighted by molar-refractivity contribution is -0.131. The van der Waals surface area contributed by atoms with Crippen LogP contribution in [0.1, 0.15) is 28.4 Å². The second-order valence-corrected chi connectivity index (χ2v) is 4.73. The molecule has 1 atom stereocenters. The molecule has 0 saturated carbocycles. The summed E-state index contributed by atoms with van der Waals surface area (Å²) in [5, 5.41) is 18.0. The maximum atomic E-state index is 12.3. The molecule has 0 aliphatic rings. The standard InChI is InChI=1S/C15H19NO4/c1-10(17)9-16(3)15(20)13-6-4-5-12(11(13)2)7-8-14(18)19/h4-8,10,17H,9H2,1-3H3,(H,18,19). The Kier molecular flexibility index (Phi) is 5.46. The zero-order valence-electron chi connectivity index (χ0n) is 11.8. The molecule has 1 rings (SSSR count). The molecule has 20 heavy (non-hydrogen) atoms. The van der Waals surface area contributed by atoms with Gasteiger partial charge in [0.25, 0.3) is 5.91 Å². The molecule has 0 saturated heterocycles. The number of carbonyl (C=O) groups is 2. The molecule has 1 amide bonds. The van der Waals surface area contributed by atoms with Crippen LogP contribution < -0.4 is 0 Å². The fraction of sp³-hybridized carbons (Fsp3) is 0.333. The summed E-state index contributed by atoms with van der Waals surface area (Å²) in [5.74, 6) is -1.23. The van der Waals surface area contributed by atoms with Crippen molar-refractivity contribution >= 4 is 18.0 Å². The summed E-state index contributed by atoms with van der Waals surface area (Å²) in [6.07, 6.45) is 1.90. The van der Waals surface area contributed by atoms with E-state index >= 15 is 0 Å². The molecule has 0 heterocycles. The lowest BCUT2D eigenvalue weighted by Gasteiger charge is -2.20. The first-order valence-corrected chi connectivity index (χ1v) is 6.27. The van der Waals surface area contributed by atoms with Crippen LogP contribution in [0.3, 0.4) is 0 Å². The quantitative estimate of drug-likeness (QED) is 0.800. The first-order chi connectivity index (χ1) is 9.32. The van der Waals surface area contributed by atoms with Crippen molar-refractivity contribution in [2.45, 2.75) is 20.0 Å². The van der Waals surface area contributed by atoms with E-state index in [9.17, 15) is 14.7 Å². The molecule has 5 nitrogen and oxygen atoms in total. The number of carbonyl (C=O) groups excluding carboxylic acids is 1. The number of benzene rings is 1. The van der Waals surface area contributed by atoms with Gasteiger partial charge in [-0.1, -0.05) is 12.1 Å². The Morgan fingerprint density at radius 1 is 1.40 bits per heavy atom. The number of likely N-dealkylation sites (N-methyl/N-ethyl adjacent to an activating group) is 1. The van der Waals surface area contributed by atoms with Gasteiger partial charge in [-0.15, -0.1) is 0 Å². The zero-order valence-corrected chi connectivity index (χ0v) is 11.8. The van der Waals surface area contributed by atoms with Gasteiger partial charge in [-0.25, -0.2) is 4.79 Å². The second kappa shape index (κ2) is 6.86. The Labute approximate surface area is 118 Å². The number of aliphatic hydroxyl groups is 1. The van der Waals surface area contributed by atoms with E-state index in [1.165, 1.54) is 11.0 Å². The summed E-state index contributed by atoms with van der Waals surface area (Å²) in [4.78, 5) is 24.3. The minimum atomic E-state index is -1.03. The molecule has 1 aromatic rings. The summed E-state index contributed by atoms with van der Waals surface area (Å²) in [6, 6.07) is 5.15. The van der Waals surface area contributed by atoms with Crippen molar-refractivity contribution in [2.24, 2.45) is 0 Å². The number of hydrogen-bond acceptors (Lipinski definition) is 3. The monoisotopic (exact) mass is 277 g/mol. The van der Waals surface area contributed by atoms with Gasteiger partial charge < -0.3 is 15.1 Å². The smallest absolute Gasteiger partial charge is 0.328 e. The van der Waals surface area contributed by atoms with Crippen LogP contribution in [0, 0.1) is 6.92 Å². The lowest BCUT2D eigenvalue weighted by Crippen LogP contribution is -2.33. The average molecular weight is 277 g/mol. The van der Waals surface area contributed by atoms with Gasteiger partial charge >= 0.3 is 5.97 Å². The maximum Gasteiger partial charge on any atom is 0.328 e. The predicted molar refractivity (Wildman–Crippen MR) is 76.5 cm³/mol. The topological polar surface area (TPSA) is 77.8 Å². The Hall–Kier alpha value is -2.14. The highest BCUT2D eigenvalue weighted by molar-refractivity contribution is 5.96. The first kappa shape index (κ1) is 15.9. The number of aliphatic hydroxyl groups excluding tert-OH is 1. The minimum Gasteiger partial charge on any atom is -0.478 e. The van der Waals surface area contributed by atoms with Crippen LogP contribution in [-0.4, -0.2) is 46.7 Å². The van der Waals surface area contributed by atoms with Gasteiger partial charge in [-0.2, -0.15) is 0 Å². The second-order valence-electron chi connectivity index (χ2n) is 4.73. The summed E-state index contributed by atoms with van der Waals surface area (Å²) < 4.78 is 0. The SMILES string of the molecule is Cc1c(C=CC(=O)O)cccc1C(=O)N(C)CC(C)O. The van der Waals surface area contributed by atoms with Crippen molar-refractivity contribution in [1.29, 1.82) is 0 Å². The Balaban J connectivity index is 3.05. The number of rotatable bonds is 5. The number of amides is 1. The normalized spacial score (nSPS) is 12.4. The first-order valence-electron chi connectivity index (χ1n) is 6.27. The Morgan fingerprint density at radius 2 is 2.05 bits per heavy atom. The molecule has 1 unspecified atom stereocenters. The summed E-state index contributed by atoms with van der Waals surface area (Å²) in [7, 11) is 1.62. The highest BCUT2D eigenvalue weighted by Gasteiger charge is 2.16. The third-order valence-corrected chi connectivity index (χ3v) is 2.90. The van der Waals surface area contributed by atoms with Gasteiger partial charge in [0.15, 0.2) is 0 Å². The summed E-state index contributed by atoms with van der Waals surface area (Å²) >= 11 is 0. The molecular weight excluding hydrogens is 258 g/mol. The third kappa shape index (κ3) is 4.20.